The Balaban J connectivity index is 2.01. The van der Waals surface area contributed by atoms with E-state index in [2.05, 4.69) is 21.2 Å². The van der Waals surface area contributed by atoms with Crippen LogP contribution in [0.3, 0.4) is 0 Å². The molecule has 0 fully saturated rings. The fourth-order valence-corrected chi connectivity index (χ4v) is 2.37. The van der Waals surface area contributed by atoms with Gasteiger partial charge in [0.15, 0.2) is 11.9 Å². The third kappa shape index (κ3) is 4.96. The maximum atomic E-state index is 13.2. The van der Waals surface area contributed by atoms with E-state index in [1.807, 2.05) is 0 Å². The molecule has 0 saturated heterocycles. The molecule has 0 unspecified atom stereocenters. The third-order valence-corrected chi connectivity index (χ3v) is 4.05. The average Bonchev–Trinajstić information content (AvgIpc) is 2.57. The van der Waals surface area contributed by atoms with Crippen molar-refractivity contribution in [2.75, 3.05) is 5.32 Å². The summed E-state index contributed by atoms with van der Waals surface area (Å²) in [7, 11) is 0. The Hall–Kier alpha value is -2.54. The molecule has 0 spiro atoms. The monoisotopic (exact) mass is 407 g/mol. The minimum absolute atomic E-state index is 0.00883. The van der Waals surface area contributed by atoms with E-state index in [1.54, 1.807) is 24.3 Å². The topological polar surface area (TPSA) is 72.5 Å². The fourth-order valence-electron chi connectivity index (χ4n) is 1.96. The van der Waals surface area contributed by atoms with E-state index in [9.17, 15) is 18.8 Å². The summed E-state index contributed by atoms with van der Waals surface area (Å²) < 4.78 is 18.7. The number of nitrogens with one attached hydrogen (secondary N) is 1. The Morgan fingerprint density at radius 2 is 1.76 bits per heavy atom. The zero-order chi connectivity index (χ0) is 18.6. The molecular weight excluding hydrogens is 393 g/mol. The average molecular weight is 408 g/mol. The number of anilines is 1. The van der Waals surface area contributed by atoms with Crippen molar-refractivity contribution in [2.24, 2.45) is 0 Å². The number of ether oxygens (including phenoxy) is 1. The maximum absolute atomic E-state index is 13.2. The van der Waals surface area contributed by atoms with E-state index in [0.717, 1.165) is 6.07 Å². The first-order valence-electron chi connectivity index (χ1n) is 7.36. The summed E-state index contributed by atoms with van der Waals surface area (Å²) in [4.78, 5) is 35.4. The van der Waals surface area contributed by atoms with Crippen LogP contribution in [0.15, 0.2) is 46.9 Å². The molecule has 1 amide bonds. The SMILES string of the molecule is CC(=O)c1ccc(NC(=O)[C@H](C)OC(=O)c2cc(F)ccc2Br)cc1. The van der Waals surface area contributed by atoms with Crippen LogP contribution in [0.4, 0.5) is 10.1 Å². The number of rotatable bonds is 5. The standard InChI is InChI=1S/C18H15BrFNO4/c1-10(22)12-3-6-14(7-4-12)21-17(23)11(2)25-18(24)15-9-13(20)5-8-16(15)19/h3-9,11H,1-2H3,(H,21,23)/t11-/m0/s1. The van der Waals surface area contributed by atoms with Gasteiger partial charge in [0.1, 0.15) is 5.82 Å². The summed E-state index contributed by atoms with van der Waals surface area (Å²) in [5.41, 5.74) is 0.976. The summed E-state index contributed by atoms with van der Waals surface area (Å²) in [6.07, 6.45) is -1.09. The highest BCUT2D eigenvalue weighted by Gasteiger charge is 2.21. The van der Waals surface area contributed by atoms with Gasteiger partial charge >= 0.3 is 5.97 Å². The molecule has 7 heteroatoms. The number of esters is 1. The van der Waals surface area contributed by atoms with Gasteiger partial charge in [-0.3, -0.25) is 9.59 Å². The van der Waals surface area contributed by atoms with Crippen LogP contribution in [-0.4, -0.2) is 23.8 Å². The summed E-state index contributed by atoms with van der Waals surface area (Å²) in [5, 5.41) is 2.58. The highest BCUT2D eigenvalue weighted by atomic mass is 79.9. The van der Waals surface area contributed by atoms with Crippen LogP contribution >= 0.6 is 15.9 Å². The number of hydrogen-bond donors (Lipinski definition) is 1. The van der Waals surface area contributed by atoms with Crippen LogP contribution in [0.2, 0.25) is 0 Å². The molecule has 0 aliphatic carbocycles. The summed E-state index contributed by atoms with van der Waals surface area (Å²) in [6.45, 7) is 2.85. The number of carbonyl (C=O) groups is 3. The van der Waals surface area contributed by atoms with Gasteiger partial charge in [0.25, 0.3) is 5.91 Å². The molecule has 2 rings (SSSR count). The molecule has 0 aromatic heterocycles. The lowest BCUT2D eigenvalue weighted by Gasteiger charge is -2.14. The molecule has 0 radical (unpaired) electrons. The zero-order valence-corrected chi connectivity index (χ0v) is 15.1. The molecule has 0 heterocycles. The van der Waals surface area contributed by atoms with Gasteiger partial charge in [0, 0.05) is 15.7 Å². The lowest BCUT2D eigenvalue weighted by Crippen LogP contribution is -2.30. The van der Waals surface area contributed by atoms with Crippen molar-refractivity contribution >= 4 is 39.3 Å². The van der Waals surface area contributed by atoms with Gasteiger partial charge in [0.2, 0.25) is 0 Å². The first-order chi connectivity index (χ1) is 11.8. The first-order valence-corrected chi connectivity index (χ1v) is 8.15. The third-order valence-electron chi connectivity index (χ3n) is 3.36. The van der Waals surface area contributed by atoms with Crippen molar-refractivity contribution in [2.45, 2.75) is 20.0 Å². The fraction of sp³-hybridized carbons (Fsp3) is 0.167. The second-order valence-electron chi connectivity index (χ2n) is 5.29. The largest absolute Gasteiger partial charge is 0.449 e. The van der Waals surface area contributed by atoms with E-state index in [0.29, 0.717) is 15.7 Å². The van der Waals surface area contributed by atoms with Gasteiger partial charge in [-0.15, -0.1) is 0 Å². The van der Waals surface area contributed by atoms with E-state index >= 15 is 0 Å². The van der Waals surface area contributed by atoms with Crippen molar-refractivity contribution in [3.63, 3.8) is 0 Å². The minimum Gasteiger partial charge on any atom is -0.449 e. The molecule has 0 bridgehead atoms. The Morgan fingerprint density at radius 3 is 2.36 bits per heavy atom. The molecule has 2 aromatic carbocycles. The number of amides is 1. The first kappa shape index (κ1) is 18.8. The summed E-state index contributed by atoms with van der Waals surface area (Å²) in [6, 6.07) is 9.92. The molecular formula is C18H15BrFNO4. The summed E-state index contributed by atoms with van der Waals surface area (Å²) in [5.74, 6) is -2.03. The van der Waals surface area contributed by atoms with Gasteiger partial charge in [-0.2, -0.15) is 0 Å². The van der Waals surface area contributed by atoms with Crippen LogP contribution < -0.4 is 5.32 Å². The zero-order valence-electron chi connectivity index (χ0n) is 13.5. The summed E-state index contributed by atoms with van der Waals surface area (Å²) >= 11 is 3.13. The Bertz CT molecular complexity index is 820. The highest BCUT2D eigenvalue weighted by Crippen LogP contribution is 2.19. The van der Waals surface area contributed by atoms with E-state index in [-0.39, 0.29) is 11.3 Å². The van der Waals surface area contributed by atoms with E-state index in [4.69, 9.17) is 4.74 Å². The normalized spacial score (nSPS) is 11.5. The molecule has 1 N–H and O–H groups in total. The van der Waals surface area contributed by atoms with Crippen LogP contribution in [0, 0.1) is 5.82 Å². The van der Waals surface area contributed by atoms with Crippen molar-refractivity contribution in [1.82, 2.24) is 0 Å². The van der Waals surface area contributed by atoms with Crippen LogP contribution in [-0.2, 0) is 9.53 Å². The predicted octanol–water partition coefficient (Wildman–Crippen LogP) is 3.97. The van der Waals surface area contributed by atoms with Crippen LogP contribution in [0.5, 0.6) is 0 Å². The van der Waals surface area contributed by atoms with Crippen molar-refractivity contribution in [3.05, 3.63) is 63.9 Å². The maximum Gasteiger partial charge on any atom is 0.340 e. The Morgan fingerprint density at radius 1 is 1.12 bits per heavy atom. The molecule has 1 atom stereocenters. The molecule has 2 aromatic rings. The second-order valence-corrected chi connectivity index (χ2v) is 6.15. The number of benzene rings is 2. The molecule has 0 saturated carbocycles. The molecule has 130 valence electrons. The number of carbonyl (C=O) groups excluding carboxylic acids is 3. The van der Waals surface area contributed by atoms with E-state index in [1.165, 1.54) is 26.0 Å². The Kier molecular flexibility index (Phi) is 6.03. The van der Waals surface area contributed by atoms with Gasteiger partial charge in [-0.25, -0.2) is 9.18 Å². The van der Waals surface area contributed by atoms with Crippen LogP contribution in [0.1, 0.15) is 34.6 Å². The van der Waals surface area contributed by atoms with Crippen molar-refractivity contribution in [3.8, 4) is 0 Å². The molecule has 25 heavy (non-hydrogen) atoms. The predicted molar refractivity (Wildman–Crippen MR) is 94.1 cm³/mol. The van der Waals surface area contributed by atoms with Crippen molar-refractivity contribution < 1.29 is 23.5 Å². The quantitative estimate of drug-likeness (QED) is 0.600. The number of ketones is 1. The van der Waals surface area contributed by atoms with Gasteiger partial charge in [-0.05, 0) is 72.2 Å². The number of halogens is 2. The van der Waals surface area contributed by atoms with E-state index < -0.39 is 23.8 Å². The molecule has 5 nitrogen and oxygen atoms in total. The second kappa shape index (κ2) is 8.02. The number of Topliss-reactive ketones (excluding diaryl/α,β-unsaturated/α-hetero) is 1. The minimum atomic E-state index is -1.09. The Labute approximate surface area is 152 Å². The van der Waals surface area contributed by atoms with Crippen molar-refractivity contribution in [1.29, 1.82) is 0 Å². The highest BCUT2D eigenvalue weighted by molar-refractivity contribution is 9.10. The number of hydrogen-bond acceptors (Lipinski definition) is 4. The van der Waals surface area contributed by atoms with Gasteiger partial charge < -0.3 is 10.1 Å². The molecule has 0 aliphatic heterocycles. The van der Waals surface area contributed by atoms with Crippen LogP contribution in [0.25, 0.3) is 0 Å². The van der Waals surface area contributed by atoms with Gasteiger partial charge in [-0.1, -0.05) is 0 Å². The van der Waals surface area contributed by atoms with Gasteiger partial charge in [0.05, 0.1) is 5.56 Å². The lowest BCUT2D eigenvalue weighted by atomic mass is 10.1. The smallest absolute Gasteiger partial charge is 0.340 e. The lowest BCUT2D eigenvalue weighted by molar-refractivity contribution is -0.123. The molecule has 0 aliphatic rings.